The van der Waals surface area contributed by atoms with Crippen LogP contribution in [0.15, 0.2) is 4.42 Å². The van der Waals surface area contributed by atoms with Crippen LogP contribution in [0.2, 0.25) is 0 Å². The molecule has 0 spiro atoms. The Hall–Kier alpha value is -1.66. The van der Waals surface area contributed by atoms with Gasteiger partial charge in [-0.05, 0) is 47.1 Å². The maximum Gasteiger partial charge on any atom is 0.231 e. The first-order chi connectivity index (χ1) is 10.3. The Kier molecular flexibility index (Phi) is 3.61. The Morgan fingerprint density at radius 3 is 2.77 bits per heavy atom. The highest BCUT2D eigenvalue weighted by Gasteiger charge is 2.36. The van der Waals surface area contributed by atoms with Crippen molar-refractivity contribution >= 4 is 16.9 Å². The second kappa shape index (κ2) is 5.21. The van der Waals surface area contributed by atoms with Gasteiger partial charge >= 0.3 is 0 Å². The van der Waals surface area contributed by atoms with Crippen LogP contribution < -0.4 is 5.73 Å². The molecule has 6 nitrogen and oxygen atoms in total. The minimum Gasteiger partial charge on any atom is -0.443 e. The van der Waals surface area contributed by atoms with Crippen molar-refractivity contribution in [3.63, 3.8) is 0 Å². The fourth-order valence-electron chi connectivity index (χ4n) is 3.39. The van der Waals surface area contributed by atoms with E-state index in [1.165, 1.54) is 0 Å². The number of rotatable bonds is 3. The number of likely N-dealkylation sites (tertiary alicyclic amines) is 1. The minimum atomic E-state index is -0.732. The molecule has 1 unspecified atom stereocenters. The third kappa shape index (κ3) is 2.57. The maximum atomic E-state index is 10.3. The van der Waals surface area contributed by atoms with Gasteiger partial charge in [-0.3, -0.25) is 4.90 Å². The summed E-state index contributed by atoms with van der Waals surface area (Å²) in [4.78, 5) is 11.2. The van der Waals surface area contributed by atoms with Gasteiger partial charge in [0.2, 0.25) is 5.71 Å². The molecular formula is C16H24N4O2. The largest absolute Gasteiger partial charge is 0.443 e. The zero-order valence-electron chi connectivity index (χ0n) is 13.7. The van der Waals surface area contributed by atoms with Crippen LogP contribution in [0.25, 0.3) is 11.1 Å². The highest BCUT2D eigenvalue weighted by Crippen LogP contribution is 2.30. The number of anilines is 1. The summed E-state index contributed by atoms with van der Waals surface area (Å²) in [5, 5.41) is 11.1. The lowest BCUT2D eigenvalue weighted by atomic mass is 9.97. The fraction of sp³-hybridized carbons (Fsp3) is 0.625. The third-order valence-electron chi connectivity index (χ3n) is 4.63. The predicted octanol–water partition coefficient (Wildman–Crippen LogP) is 2.16. The van der Waals surface area contributed by atoms with E-state index < -0.39 is 5.60 Å². The summed E-state index contributed by atoms with van der Waals surface area (Å²) in [6, 6.07) is 0.119. The molecule has 1 fully saturated rings. The Balaban J connectivity index is 1.91. The zero-order valence-corrected chi connectivity index (χ0v) is 13.7. The van der Waals surface area contributed by atoms with E-state index in [9.17, 15) is 5.11 Å². The lowest BCUT2D eigenvalue weighted by Crippen LogP contribution is -2.45. The topological polar surface area (TPSA) is 88.4 Å². The van der Waals surface area contributed by atoms with Gasteiger partial charge in [0.05, 0.1) is 17.5 Å². The Labute approximate surface area is 130 Å². The molecule has 1 aliphatic rings. The molecule has 0 amide bonds. The van der Waals surface area contributed by atoms with Crippen LogP contribution in [0.4, 0.5) is 5.82 Å². The lowest BCUT2D eigenvalue weighted by Gasteiger charge is -2.33. The monoisotopic (exact) mass is 304 g/mol. The molecule has 3 heterocycles. The van der Waals surface area contributed by atoms with Crippen molar-refractivity contribution in [2.75, 3.05) is 12.3 Å². The first kappa shape index (κ1) is 15.2. The summed E-state index contributed by atoms with van der Waals surface area (Å²) in [6.07, 6.45) is 2.06. The van der Waals surface area contributed by atoms with E-state index >= 15 is 0 Å². The van der Waals surface area contributed by atoms with Crippen molar-refractivity contribution in [3.05, 3.63) is 17.1 Å². The Morgan fingerprint density at radius 2 is 2.09 bits per heavy atom. The normalized spacial score (nSPS) is 20.1. The molecule has 120 valence electrons. The average molecular weight is 304 g/mol. The van der Waals surface area contributed by atoms with Crippen LogP contribution in [-0.4, -0.2) is 38.2 Å². The number of furan rings is 1. The van der Waals surface area contributed by atoms with Crippen LogP contribution >= 0.6 is 0 Å². The molecule has 0 bridgehead atoms. The molecule has 2 aromatic heterocycles. The number of nitrogens with zero attached hydrogens (tertiary/aromatic N) is 3. The van der Waals surface area contributed by atoms with E-state index in [2.05, 4.69) is 14.9 Å². The van der Waals surface area contributed by atoms with Gasteiger partial charge in [0.15, 0.2) is 0 Å². The number of aryl methyl sites for hydroxylation is 2. The van der Waals surface area contributed by atoms with E-state index in [4.69, 9.17) is 10.2 Å². The van der Waals surface area contributed by atoms with Crippen molar-refractivity contribution < 1.29 is 9.52 Å². The predicted molar refractivity (Wildman–Crippen MR) is 85.4 cm³/mol. The fourth-order valence-corrected chi connectivity index (χ4v) is 3.39. The number of hydrogen-bond donors (Lipinski definition) is 2. The van der Waals surface area contributed by atoms with Gasteiger partial charge in [-0.2, -0.15) is 4.98 Å². The Morgan fingerprint density at radius 1 is 1.36 bits per heavy atom. The van der Waals surface area contributed by atoms with Crippen molar-refractivity contribution in [2.45, 2.75) is 58.7 Å². The summed E-state index contributed by atoms with van der Waals surface area (Å²) in [7, 11) is 0. The molecule has 3 N–H and O–H groups in total. The quantitative estimate of drug-likeness (QED) is 0.903. The lowest BCUT2D eigenvalue weighted by molar-refractivity contribution is -0.00571. The van der Waals surface area contributed by atoms with E-state index in [1.807, 2.05) is 27.7 Å². The summed E-state index contributed by atoms with van der Waals surface area (Å²) in [5.41, 5.74) is 6.90. The van der Waals surface area contributed by atoms with E-state index in [0.717, 1.165) is 36.1 Å². The summed E-state index contributed by atoms with van der Waals surface area (Å²) in [6.45, 7) is 9.09. The third-order valence-corrected chi connectivity index (χ3v) is 4.63. The molecule has 0 aromatic carbocycles. The molecular weight excluding hydrogens is 280 g/mol. The van der Waals surface area contributed by atoms with Crippen molar-refractivity contribution in [3.8, 4) is 0 Å². The number of fused-ring (bicyclic) bond motifs is 1. The van der Waals surface area contributed by atoms with Crippen LogP contribution in [-0.2, 0) is 6.54 Å². The SMILES string of the molecule is Cc1oc2nc(CN3CCCC3C(C)(C)O)nc(N)c2c1C. The molecule has 6 heteroatoms. The molecule has 2 aromatic rings. The average Bonchev–Trinajstić information content (AvgIpc) is 2.95. The van der Waals surface area contributed by atoms with Gasteiger partial charge in [0, 0.05) is 11.6 Å². The maximum absolute atomic E-state index is 10.3. The van der Waals surface area contributed by atoms with E-state index in [-0.39, 0.29) is 6.04 Å². The summed E-state index contributed by atoms with van der Waals surface area (Å²) < 4.78 is 5.68. The van der Waals surface area contributed by atoms with Crippen molar-refractivity contribution in [1.82, 2.24) is 14.9 Å². The molecule has 22 heavy (non-hydrogen) atoms. The number of hydrogen-bond acceptors (Lipinski definition) is 6. The Bertz CT molecular complexity index is 702. The minimum absolute atomic E-state index is 0.119. The molecule has 0 radical (unpaired) electrons. The number of nitrogen functional groups attached to an aromatic ring is 1. The van der Waals surface area contributed by atoms with Crippen LogP contribution in [0.3, 0.4) is 0 Å². The smallest absolute Gasteiger partial charge is 0.231 e. The van der Waals surface area contributed by atoms with Gasteiger partial charge in [-0.1, -0.05) is 0 Å². The second-order valence-electron chi connectivity index (χ2n) is 6.77. The number of aliphatic hydroxyl groups is 1. The highest BCUT2D eigenvalue weighted by atomic mass is 16.3. The first-order valence-corrected chi connectivity index (χ1v) is 7.76. The van der Waals surface area contributed by atoms with Crippen LogP contribution in [0.1, 0.15) is 43.8 Å². The summed E-state index contributed by atoms with van der Waals surface area (Å²) in [5.74, 6) is 1.94. The van der Waals surface area contributed by atoms with Crippen LogP contribution in [0, 0.1) is 13.8 Å². The standard InChI is InChI=1S/C16H24N4O2/c1-9-10(2)22-15-13(9)14(17)18-12(19-15)8-20-7-5-6-11(20)16(3,4)21/h11,21H,5-8H2,1-4H3,(H2,17,18,19). The molecule has 1 saturated heterocycles. The molecule has 1 aliphatic heterocycles. The zero-order chi connectivity index (χ0) is 16.1. The van der Waals surface area contributed by atoms with Crippen molar-refractivity contribution in [2.24, 2.45) is 0 Å². The first-order valence-electron chi connectivity index (χ1n) is 7.76. The summed E-state index contributed by atoms with van der Waals surface area (Å²) >= 11 is 0. The van der Waals surface area contributed by atoms with Gasteiger partial charge in [0.1, 0.15) is 17.4 Å². The second-order valence-corrected chi connectivity index (χ2v) is 6.77. The van der Waals surface area contributed by atoms with Crippen molar-refractivity contribution in [1.29, 1.82) is 0 Å². The number of nitrogens with two attached hydrogens (primary N) is 1. The van der Waals surface area contributed by atoms with Crippen LogP contribution in [0.5, 0.6) is 0 Å². The van der Waals surface area contributed by atoms with Gasteiger partial charge in [0.25, 0.3) is 0 Å². The van der Waals surface area contributed by atoms with E-state index in [1.54, 1.807) is 0 Å². The molecule has 0 aliphatic carbocycles. The molecule has 0 saturated carbocycles. The highest BCUT2D eigenvalue weighted by molar-refractivity contribution is 5.88. The number of aromatic nitrogens is 2. The van der Waals surface area contributed by atoms with Gasteiger partial charge in [-0.15, -0.1) is 0 Å². The molecule has 1 atom stereocenters. The van der Waals surface area contributed by atoms with Gasteiger partial charge < -0.3 is 15.3 Å². The van der Waals surface area contributed by atoms with Gasteiger partial charge in [-0.25, -0.2) is 4.98 Å². The van der Waals surface area contributed by atoms with E-state index in [0.29, 0.717) is 23.9 Å². The molecule has 3 rings (SSSR count).